The average Bonchev–Trinajstić information content (AvgIpc) is 2.49. The zero-order valence-corrected chi connectivity index (χ0v) is 12.5. The molecule has 1 fully saturated rings. The van der Waals surface area contributed by atoms with Gasteiger partial charge in [-0.1, -0.05) is 18.6 Å². The number of aliphatic hydroxyl groups is 1. The van der Waals surface area contributed by atoms with Crippen LogP contribution < -0.4 is 10.1 Å². The molecule has 0 saturated carbocycles. The number of nitrogens with one attached hydrogen (secondary N) is 1. The van der Waals surface area contributed by atoms with Gasteiger partial charge >= 0.3 is 0 Å². The van der Waals surface area contributed by atoms with E-state index in [0.717, 1.165) is 24.4 Å². The maximum atomic E-state index is 10.5. The zero-order valence-electron chi connectivity index (χ0n) is 12.5. The van der Waals surface area contributed by atoms with Crippen LogP contribution in [0.15, 0.2) is 24.3 Å². The molecule has 0 bridgehead atoms. The normalized spacial score (nSPS) is 21.6. The molecule has 1 aromatic carbocycles. The van der Waals surface area contributed by atoms with Gasteiger partial charge in [0.25, 0.3) is 0 Å². The number of benzene rings is 1. The van der Waals surface area contributed by atoms with Crippen molar-refractivity contribution in [2.45, 2.75) is 31.4 Å². The third-order valence-corrected chi connectivity index (χ3v) is 4.07. The van der Waals surface area contributed by atoms with E-state index < -0.39 is 6.10 Å². The van der Waals surface area contributed by atoms with Crippen molar-refractivity contribution in [3.63, 3.8) is 0 Å². The van der Waals surface area contributed by atoms with Gasteiger partial charge in [0, 0.05) is 19.1 Å². The second-order valence-corrected chi connectivity index (χ2v) is 5.49. The SMILES string of the molecule is CNCC1CCCCN1CC(O)c1cccc(OC)c1. The fraction of sp³-hybridized carbons (Fsp3) is 0.625. The van der Waals surface area contributed by atoms with Gasteiger partial charge in [-0.25, -0.2) is 0 Å². The Hall–Kier alpha value is -1.10. The van der Waals surface area contributed by atoms with Crippen LogP contribution in [-0.2, 0) is 0 Å². The molecule has 1 heterocycles. The van der Waals surface area contributed by atoms with Crippen LogP contribution in [0.5, 0.6) is 5.75 Å². The predicted octanol–water partition coefficient (Wildman–Crippen LogP) is 1.80. The van der Waals surface area contributed by atoms with Crippen LogP contribution in [0.3, 0.4) is 0 Å². The first-order chi connectivity index (χ1) is 9.74. The third-order valence-electron chi connectivity index (χ3n) is 4.07. The summed E-state index contributed by atoms with van der Waals surface area (Å²) in [7, 11) is 3.64. The molecule has 0 aliphatic carbocycles. The number of likely N-dealkylation sites (tertiary alicyclic amines) is 1. The molecule has 2 unspecified atom stereocenters. The molecule has 0 radical (unpaired) electrons. The molecule has 1 aromatic rings. The Morgan fingerprint density at radius 1 is 1.45 bits per heavy atom. The maximum absolute atomic E-state index is 10.5. The van der Waals surface area contributed by atoms with Crippen molar-refractivity contribution in [1.29, 1.82) is 0 Å². The lowest BCUT2D eigenvalue weighted by atomic mass is 10.00. The fourth-order valence-corrected chi connectivity index (χ4v) is 2.94. The number of nitrogens with zero attached hydrogens (tertiary/aromatic N) is 1. The number of β-amino-alcohol motifs (C(OH)–C–C–N with tert-alkyl or cyclic N) is 1. The van der Waals surface area contributed by atoms with Gasteiger partial charge in [0.05, 0.1) is 13.2 Å². The Bertz CT molecular complexity index is 409. The van der Waals surface area contributed by atoms with Crippen LogP contribution in [0, 0.1) is 0 Å². The highest BCUT2D eigenvalue weighted by Crippen LogP contribution is 2.23. The molecule has 2 atom stereocenters. The minimum atomic E-state index is -0.456. The van der Waals surface area contributed by atoms with E-state index in [1.54, 1.807) is 7.11 Å². The second-order valence-electron chi connectivity index (χ2n) is 5.49. The van der Waals surface area contributed by atoms with Gasteiger partial charge in [0.15, 0.2) is 0 Å². The third kappa shape index (κ3) is 3.95. The largest absolute Gasteiger partial charge is 0.497 e. The Morgan fingerprint density at radius 3 is 3.05 bits per heavy atom. The smallest absolute Gasteiger partial charge is 0.119 e. The summed E-state index contributed by atoms with van der Waals surface area (Å²) in [5.74, 6) is 0.798. The van der Waals surface area contributed by atoms with Crippen molar-refractivity contribution in [1.82, 2.24) is 10.2 Å². The van der Waals surface area contributed by atoms with Gasteiger partial charge < -0.3 is 15.2 Å². The van der Waals surface area contributed by atoms with Gasteiger partial charge in [-0.05, 0) is 44.1 Å². The zero-order chi connectivity index (χ0) is 14.4. The highest BCUT2D eigenvalue weighted by Gasteiger charge is 2.24. The first kappa shape index (κ1) is 15.3. The summed E-state index contributed by atoms with van der Waals surface area (Å²) < 4.78 is 5.22. The summed E-state index contributed by atoms with van der Waals surface area (Å²) in [4.78, 5) is 2.41. The van der Waals surface area contributed by atoms with Gasteiger partial charge in [-0.15, -0.1) is 0 Å². The van der Waals surface area contributed by atoms with E-state index in [1.165, 1.54) is 19.3 Å². The molecule has 20 heavy (non-hydrogen) atoms. The van der Waals surface area contributed by atoms with Gasteiger partial charge in [-0.2, -0.15) is 0 Å². The number of hydrogen-bond acceptors (Lipinski definition) is 4. The number of rotatable bonds is 6. The second kappa shape index (κ2) is 7.62. The lowest BCUT2D eigenvalue weighted by molar-refractivity contribution is 0.0674. The Balaban J connectivity index is 1.99. The molecular formula is C16H26N2O2. The van der Waals surface area contributed by atoms with Crippen molar-refractivity contribution in [3.05, 3.63) is 29.8 Å². The van der Waals surface area contributed by atoms with E-state index in [-0.39, 0.29) is 0 Å². The quantitative estimate of drug-likeness (QED) is 0.833. The average molecular weight is 278 g/mol. The highest BCUT2D eigenvalue weighted by atomic mass is 16.5. The fourth-order valence-electron chi connectivity index (χ4n) is 2.94. The molecule has 1 saturated heterocycles. The molecular weight excluding hydrogens is 252 g/mol. The highest BCUT2D eigenvalue weighted by molar-refractivity contribution is 5.29. The van der Waals surface area contributed by atoms with Crippen LogP contribution in [0.25, 0.3) is 0 Å². The molecule has 4 nitrogen and oxygen atoms in total. The standard InChI is InChI=1S/C16H26N2O2/c1-17-11-14-7-3-4-9-18(14)12-16(19)13-6-5-8-15(10-13)20-2/h5-6,8,10,14,16-17,19H,3-4,7,9,11-12H2,1-2H3. The van der Waals surface area contributed by atoms with Crippen molar-refractivity contribution in [3.8, 4) is 5.75 Å². The minimum absolute atomic E-state index is 0.456. The van der Waals surface area contributed by atoms with E-state index >= 15 is 0 Å². The van der Waals surface area contributed by atoms with Crippen LogP contribution in [0.1, 0.15) is 30.9 Å². The molecule has 112 valence electrons. The van der Waals surface area contributed by atoms with Gasteiger partial charge in [-0.3, -0.25) is 4.90 Å². The molecule has 0 amide bonds. The molecule has 2 N–H and O–H groups in total. The monoisotopic (exact) mass is 278 g/mol. The van der Waals surface area contributed by atoms with E-state index in [9.17, 15) is 5.11 Å². The van der Waals surface area contributed by atoms with Crippen LogP contribution in [0.2, 0.25) is 0 Å². The summed E-state index contributed by atoms with van der Waals surface area (Å²) >= 11 is 0. The molecule has 0 aromatic heterocycles. The summed E-state index contributed by atoms with van der Waals surface area (Å²) in [5.41, 5.74) is 0.929. The minimum Gasteiger partial charge on any atom is -0.497 e. The summed E-state index contributed by atoms with van der Waals surface area (Å²) in [6.45, 7) is 2.76. The summed E-state index contributed by atoms with van der Waals surface area (Å²) in [6.07, 6.45) is 3.28. The van der Waals surface area contributed by atoms with Crippen LogP contribution in [0.4, 0.5) is 0 Å². The Kier molecular flexibility index (Phi) is 5.83. The number of hydrogen-bond donors (Lipinski definition) is 2. The Morgan fingerprint density at radius 2 is 2.30 bits per heavy atom. The number of methoxy groups -OCH3 is 1. The molecule has 1 aliphatic heterocycles. The van der Waals surface area contributed by atoms with Crippen molar-refractivity contribution >= 4 is 0 Å². The summed E-state index contributed by atoms with van der Waals surface area (Å²) in [6, 6.07) is 8.25. The first-order valence-corrected chi connectivity index (χ1v) is 7.45. The van der Waals surface area contributed by atoms with E-state index in [2.05, 4.69) is 10.2 Å². The van der Waals surface area contributed by atoms with Crippen molar-refractivity contribution in [2.24, 2.45) is 0 Å². The molecule has 0 spiro atoms. The van der Waals surface area contributed by atoms with Gasteiger partial charge in [0.2, 0.25) is 0 Å². The van der Waals surface area contributed by atoms with E-state index in [0.29, 0.717) is 12.6 Å². The van der Waals surface area contributed by atoms with Crippen molar-refractivity contribution in [2.75, 3.05) is 33.8 Å². The number of aliphatic hydroxyl groups excluding tert-OH is 1. The predicted molar refractivity (Wildman–Crippen MR) is 81.1 cm³/mol. The van der Waals surface area contributed by atoms with Crippen LogP contribution in [-0.4, -0.2) is 49.8 Å². The first-order valence-electron chi connectivity index (χ1n) is 7.45. The summed E-state index contributed by atoms with van der Waals surface area (Å²) in [5, 5.41) is 13.7. The molecule has 1 aliphatic rings. The topological polar surface area (TPSA) is 44.7 Å². The number of likely N-dealkylation sites (N-methyl/N-ethyl adjacent to an activating group) is 1. The molecule has 2 rings (SSSR count). The van der Waals surface area contributed by atoms with Gasteiger partial charge in [0.1, 0.15) is 5.75 Å². The number of piperidine rings is 1. The van der Waals surface area contributed by atoms with E-state index in [4.69, 9.17) is 4.74 Å². The maximum Gasteiger partial charge on any atom is 0.119 e. The lowest BCUT2D eigenvalue weighted by Crippen LogP contribution is -2.46. The number of ether oxygens (including phenoxy) is 1. The van der Waals surface area contributed by atoms with Crippen molar-refractivity contribution < 1.29 is 9.84 Å². The Labute approximate surface area is 121 Å². The lowest BCUT2D eigenvalue weighted by Gasteiger charge is -2.37. The molecule has 4 heteroatoms. The van der Waals surface area contributed by atoms with E-state index in [1.807, 2.05) is 31.3 Å². The van der Waals surface area contributed by atoms with Crippen LogP contribution >= 0.6 is 0 Å².